The number of nitrogens with one attached hydrogen (secondary N) is 1. The molecular weight excluding hydrogens is 226 g/mol. The fraction of sp³-hybridized carbons (Fsp3) is 0.267. The topological polar surface area (TPSA) is 38.3 Å². The summed E-state index contributed by atoms with van der Waals surface area (Å²) in [6.07, 6.45) is 0. The van der Waals surface area contributed by atoms with E-state index in [0.717, 1.165) is 16.9 Å². The van der Waals surface area contributed by atoms with Crippen LogP contribution in [-0.4, -0.2) is 13.0 Å². The Balaban J connectivity index is 2.98. The van der Waals surface area contributed by atoms with Crippen LogP contribution in [-0.2, 0) is 4.79 Å². The first kappa shape index (κ1) is 13.9. The summed E-state index contributed by atoms with van der Waals surface area (Å²) in [6, 6.07) is 7.11. The maximum absolute atomic E-state index is 11.2. The highest BCUT2D eigenvalue weighted by molar-refractivity contribution is 5.74. The predicted molar refractivity (Wildman–Crippen MR) is 72.1 cm³/mol. The van der Waals surface area contributed by atoms with Gasteiger partial charge in [0, 0.05) is 6.92 Å². The molecule has 0 fully saturated rings. The van der Waals surface area contributed by atoms with Gasteiger partial charge in [-0.2, -0.15) is 0 Å². The molecule has 1 amide bonds. The fourth-order valence-electron chi connectivity index (χ4n) is 1.40. The Bertz CT molecular complexity index is 491. The van der Waals surface area contributed by atoms with Crippen molar-refractivity contribution < 1.29 is 9.53 Å². The van der Waals surface area contributed by atoms with Gasteiger partial charge in [-0.15, -0.1) is 0 Å². The molecule has 18 heavy (non-hydrogen) atoms. The molecule has 3 nitrogen and oxygen atoms in total. The van der Waals surface area contributed by atoms with Gasteiger partial charge in [-0.05, 0) is 30.2 Å². The van der Waals surface area contributed by atoms with Crippen LogP contribution >= 0.6 is 0 Å². The molecule has 0 saturated carbocycles. The molecule has 1 rings (SSSR count). The molecular formula is C15H17NO2. The average molecular weight is 243 g/mol. The van der Waals surface area contributed by atoms with Crippen molar-refractivity contribution in [2.24, 2.45) is 0 Å². The molecule has 0 radical (unpaired) electrons. The highest BCUT2D eigenvalue weighted by atomic mass is 16.5. The van der Waals surface area contributed by atoms with Crippen LogP contribution in [0, 0.1) is 11.8 Å². The van der Waals surface area contributed by atoms with Crippen molar-refractivity contribution in [2.75, 3.05) is 7.11 Å². The number of benzene rings is 1. The van der Waals surface area contributed by atoms with Crippen molar-refractivity contribution >= 4 is 5.91 Å². The van der Waals surface area contributed by atoms with Crippen LogP contribution in [0.25, 0.3) is 0 Å². The van der Waals surface area contributed by atoms with Crippen molar-refractivity contribution in [3.8, 4) is 17.6 Å². The van der Waals surface area contributed by atoms with Crippen molar-refractivity contribution in [3.63, 3.8) is 0 Å². The zero-order valence-electron chi connectivity index (χ0n) is 10.9. The largest absolute Gasteiger partial charge is 0.497 e. The third kappa shape index (κ3) is 4.34. The number of hydrogen-bond donors (Lipinski definition) is 1. The first-order valence-electron chi connectivity index (χ1n) is 5.61. The zero-order valence-corrected chi connectivity index (χ0v) is 10.9. The second-order valence-electron chi connectivity index (χ2n) is 3.96. The van der Waals surface area contributed by atoms with Crippen LogP contribution in [0.2, 0.25) is 0 Å². The van der Waals surface area contributed by atoms with Gasteiger partial charge in [0.1, 0.15) is 11.8 Å². The molecule has 0 aliphatic heterocycles. The second kappa shape index (κ2) is 6.51. The predicted octanol–water partition coefficient (Wildman–Crippen LogP) is 2.45. The lowest BCUT2D eigenvalue weighted by Crippen LogP contribution is -2.24. The van der Waals surface area contributed by atoms with Gasteiger partial charge in [-0.3, -0.25) is 4.79 Å². The average Bonchev–Trinajstić information content (AvgIpc) is 2.34. The third-order valence-corrected chi connectivity index (χ3v) is 2.23. The van der Waals surface area contributed by atoms with Crippen LogP contribution in [0.15, 0.2) is 36.4 Å². The number of carbonyl (C=O) groups excluding carboxylic acids is 1. The summed E-state index contributed by atoms with van der Waals surface area (Å²) in [5, 5.41) is 2.79. The van der Waals surface area contributed by atoms with E-state index >= 15 is 0 Å². The smallest absolute Gasteiger partial charge is 0.218 e. The summed E-state index contributed by atoms with van der Waals surface area (Å²) in [5.41, 5.74) is 1.68. The van der Waals surface area contributed by atoms with E-state index in [1.807, 2.05) is 31.2 Å². The van der Waals surface area contributed by atoms with Gasteiger partial charge in [-0.25, -0.2) is 0 Å². The summed E-state index contributed by atoms with van der Waals surface area (Å²) in [6.45, 7) is 7.02. The summed E-state index contributed by atoms with van der Waals surface area (Å²) in [7, 11) is 1.61. The SMILES string of the molecule is C=C(C)C#C[C@@H](NC(C)=O)c1ccc(OC)cc1. The maximum Gasteiger partial charge on any atom is 0.218 e. The first-order chi connectivity index (χ1) is 8.52. The molecule has 0 aliphatic rings. The summed E-state index contributed by atoms with van der Waals surface area (Å²) in [5.74, 6) is 6.52. The Hall–Kier alpha value is -2.21. The van der Waals surface area contributed by atoms with Crippen molar-refractivity contribution in [1.82, 2.24) is 5.32 Å². The fourth-order valence-corrected chi connectivity index (χ4v) is 1.40. The van der Waals surface area contributed by atoms with Gasteiger partial charge in [0.15, 0.2) is 0 Å². The lowest BCUT2D eigenvalue weighted by Gasteiger charge is -2.12. The van der Waals surface area contributed by atoms with E-state index in [1.54, 1.807) is 7.11 Å². The maximum atomic E-state index is 11.2. The molecule has 3 heteroatoms. The highest BCUT2D eigenvalue weighted by Crippen LogP contribution is 2.17. The van der Waals surface area contributed by atoms with E-state index in [1.165, 1.54) is 6.92 Å². The summed E-state index contributed by atoms with van der Waals surface area (Å²) < 4.78 is 5.09. The van der Waals surface area contributed by atoms with Gasteiger partial charge in [0.25, 0.3) is 0 Å². The molecule has 1 atom stereocenters. The quantitative estimate of drug-likeness (QED) is 0.828. The molecule has 1 N–H and O–H groups in total. The third-order valence-electron chi connectivity index (χ3n) is 2.23. The molecule has 0 saturated heterocycles. The lowest BCUT2D eigenvalue weighted by molar-refractivity contribution is -0.119. The summed E-state index contributed by atoms with van der Waals surface area (Å²) >= 11 is 0. The number of rotatable bonds is 3. The number of carbonyl (C=O) groups is 1. The van der Waals surface area contributed by atoms with E-state index < -0.39 is 0 Å². The molecule has 94 valence electrons. The van der Waals surface area contributed by atoms with Crippen LogP contribution in [0.1, 0.15) is 25.5 Å². The number of hydrogen-bond acceptors (Lipinski definition) is 2. The van der Waals surface area contributed by atoms with Crippen LogP contribution in [0.3, 0.4) is 0 Å². The number of allylic oxidation sites excluding steroid dienone is 1. The van der Waals surface area contributed by atoms with Crippen LogP contribution in [0.5, 0.6) is 5.75 Å². The minimum atomic E-state index is -0.329. The number of amides is 1. The van der Waals surface area contributed by atoms with Gasteiger partial charge in [0.05, 0.1) is 7.11 Å². The molecule has 0 spiro atoms. The Labute approximate surface area is 108 Å². The molecule has 0 aliphatic carbocycles. The van der Waals surface area contributed by atoms with Crippen molar-refractivity contribution in [1.29, 1.82) is 0 Å². The van der Waals surface area contributed by atoms with Gasteiger partial charge >= 0.3 is 0 Å². The minimum absolute atomic E-state index is 0.119. The first-order valence-corrected chi connectivity index (χ1v) is 5.61. The summed E-state index contributed by atoms with van der Waals surface area (Å²) in [4.78, 5) is 11.2. The highest BCUT2D eigenvalue weighted by Gasteiger charge is 2.09. The molecule has 1 aromatic carbocycles. The molecule has 0 aromatic heterocycles. The standard InChI is InChI=1S/C15H17NO2/c1-11(2)5-10-15(16-12(3)17)13-6-8-14(18-4)9-7-13/h6-9,15H,1H2,2-4H3,(H,16,17)/t15-/m1/s1. The molecule has 1 aromatic rings. The van der Waals surface area contributed by atoms with E-state index in [9.17, 15) is 4.79 Å². The number of ether oxygens (including phenoxy) is 1. The van der Waals surface area contributed by atoms with E-state index in [4.69, 9.17) is 4.74 Å². The molecule has 0 bridgehead atoms. The Morgan fingerprint density at radius 3 is 2.39 bits per heavy atom. The van der Waals surface area contributed by atoms with Crippen LogP contribution in [0.4, 0.5) is 0 Å². The Kier molecular flexibility index (Phi) is 5.01. The van der Waals surface area contributed by atoms with E-state index in [-0.39, 0.29) is 11.9 Å². The lowest BCUT2D eigenvalue weighted by atomic mass is 10.1. The zero-order chi connectivity index (χ0) is 13.5. The second-order valence-corrected chi connectivity index (χ2v) is 3.96. The number of methoxy groups -OCH3 is 1. The van der Waals surface area contributed by atoms with Gasteiger partial charge < -0.3 is 10.1 Å². The van der Waals surface area contributed by atoms with E-state index in [0.29, 0.717) is 0 Å². The normalized spacial score (nSPS) is 10.8. The van der Waals surface area contributed by atoms with E-state index in [2.05, 4.69) is 23.7 Å². The van der Waals surface area contributed by atoms with Crippen molar-refractivity contribution in [3.05, 3.63) is 42.0 Å². The van der Waals surface area contributed by atoms with Gasteiger partial charge in [-0.1, -0.05) is 30.6 Å². The molecule has 0 unspecified atom stereocenters. The minimum Gasteiger partial charge on any atom is -0.497 e. The van der Waals surface area contributed by atoms with Gasteiger partial charge in [0.2, 0.25) is 5.91 Å². The van der Waals surface area contributed by atoms with Crippen molar-refractivity contribution in [2.45, 2.75) is 19.9 Å². The Morgan fingerprint density at radius 2 is 1.94 bits per heavy atom. The Morgan fingerprint density at radius 1 is 1.33 bits per heavy atom. The van der Waals surface area contributed by atoms with Crippen LogP contribution < -0.4 is 10.1 Å². The monoisotopic (exact) mass is 243 g/mol. The molecule has 0 heterocycles.